The van der Waals surface area contributed by atoms with E-state index in [9.17, 15) is 0 Å². The second kappa shape index (κ2) is 4.52. The van der Waals surface area contributed by atoms with Crippen LogP contribution in [0, 0.1) is 6.92 Å². The van der Waals surface area contributed by atoms with Gasteiger partial charge in [-0.3, -0.25) is 0 Å². The van der Waals surface area contributed by atoms with Crippen molar-refractivity contribution in [3.05, 3.63) is 41.7 Å². The van der Waals surface area contributed by atoms with Gasteiger partial charge in [0.15, 0.2) is 11.5 Å². The van der Waals surface area contributed by atoms with Crippen LogP contribution >= 0.6 is 0 Å². The summed E-state index contributed by atoms with van der Waals surface area (Å²) in [5.74, 6) is 2.21. The van der Waals surface area contributed by atoms with Gasteiger partial charge < -0.3 is 14.8 Å². The molecule has 1 aliphatic rings. The Balaban J connectivity index is 1.76. The number of ether oxygens (including phenoxy) is 2. The number of benzene rings is 1. The van der Waals surface area contributed by atoms with Crippen LogP contribution in [-0.4, -0.2) is 16.8 Å². The summed E-state index contributed by atoms with van der Waals surface area (Å²) < 4.78 is 10.8. The van der Waals surface area contributed by atoms with Gasteiger partial charge in [-0.1, -0.05) is 12.1 Å². The summed E-state index contributed by atoms with van der Waals surface area (Å²) >= 11 is 0. The van der Waals surface area contributed by atoms with Crippen LogP contribution in [0.1, 0.15) is 11.3 Å². The van der Waals surface area contributed by atoms with Crippen molar-refractivity contribution in [3.8, 4) is 11.5 Å². The first-order valence-corrected chi connectivity index (χ1v) is 5.74. The summed E-state index contributed by atoms with van der Waals surface area (Å²) in [6, 6.07) is 7.70. The summed E-state index contributed by atoms with van der Waals surface area (Å²) in [6.07, 6.45) is 1.74. The lowest BCUT2D eigenvalue weighted by Gasteiger charge is -2.07. The lowest BCUT2D eigenvalue weighted by atomic mass is 10.2. The number of nitrogens with zero attached hydrogens (tertiary/aromatic N) is 2. The number of nitrogens with one attached hydrogen (secondary N) is 1. The summed E-state index contributed by atoms with van der Waals surface area (Å²) in [5, 5.41) is 3.17. The Morgan fingerprint density at radius 2 is 2.22 bits per heavy atom. The highest BCUT2D eigenvalue weighted by Crippen LogP contribution is 2.35. The van der Waals surface area contributed by atoms with Gasteiger partial charge >= 0.3 is 0 Å². The molecule has 0 radical (unpaired) electrons. The van der Waals surface area contributed by atoms with Crippen molar-refractivity contribution >= 4 is 5.95 Å². The molecule has 5 nitrogen and oxygen atoms in total. The van der Waals surface area contributed by atoms with E-state index < -0.39 is 0 Å². The highest BCUT2D eigenvalue weighted by Gasteiger charge is 2.16. The highest BCUT2D eigenvalue weighted by atomic mass is 16.7. The molecule has 0 spiro atoms. The summed E-state index contributed by atoms with van der Waals surface area (Å²) in [7, 11) is 0. The first kappa shape index (κ1) is 10.8. The molecule has 2 aromatic rings. The molecule has 92 valence electrons. The quantitative estimate of drug-likeness (QED) is 0.894. The number of fused-ring (bicyclic) bond motifs is 1. The molecule has 0 saturated carbocycles. The summed E-state index contributed by atoms with van der Waals surface area (Å²) in [6.45, 7) is 2.83. The van der Waals surface area contributed by atoms with E-state index >= 15 is 0 Å². The third-order valence-corrected chi connectivity index (χ3v) is 2.71. The SMILES string of the molecule is Cc1ccnc(NCc2cccc3c2OCO3)n1. The predicted octanol–water partition coefficient (Wildman–Crippen LogP) is 2.13. The molecule has 0 aliphatic carbocycles. The molecular weight excluding hydrogens is 230 g/mol. The Morgan fingerprint density at radius 1 is 1.28 bits per heavy atom. The largest absolute Gasteiger partial charge is 0.454 e. The fraction of sp³-hybridized carbons (Fsp3) is 0.231. The maximum absolute atomic E-state index is 5.44. The average Bonchev–Trinajstić information content (AvgIpc) is 2.85. The summed E-state index contributed by atoms with van der Waals surface area (Å²) in [4.78, 5) is 8.44. The number of anilines is 1. The van der Waals surface area contributed by atoms with E-state index in [1.54, 1.807) is 6.20 Å². The second-order valence-electron chi connectivity index (χ2n) is 4.03. The van der Waals surface area contributed by atoms with Crippen LogP contribution in [0.15, 0.2) is 30.5 Å². The van der Waals surface area contributed by atoms with Crippen LogP contribution in [0.4, 0.5) is 5.95 Å². The molecule has 0 fully saturated rings. The minimum absolute atomic E-state index is 0.285. The third-order valence-electron chi connectivity index (χ3n) is 2.71. The number of rotatable bonds is 3. The topological polar surface area (TPSA) is 56.3 Å². The molecule has 1 aromatic carbocycles. The van der Waals surface area contributed by atoms with Crippen LogP contribution in [0.5, 0.6) is 11.5 Å². The van der Waals surface area contributed by atoms with E-state index in [1.807, 2.05) is 31.2 Å². The fourth-order valence-electron chi connectivity index (χ4n) is 1.84. The number of hydrogen-bond donors (Lipinski definition) is 1. The molecule has 3 rings (SSSR count). The molecule has 5 heteroatoms. The van der Waals surface area contributed by atoms with Gasteiger partial charge in [0.25, 0.3) is 0 Å². The molecule has 1 aromatic heterocycles. The van der Waals surface area contributed by atoms with Crippen molar-refractivity contribution in [2.24, 2.45) is 0 Å². The van der Waals surface area contributed by atoms with Gasteiger partial charge in [0, 0.05) is 24.0 Å². The van der Waals surface area contributed by atoms with E-state index in [-0.39, 0.29) is 6.79 Å². The van der Waals surface area contributed by atoms with Gasteiger partial charge in [-0.2, -0.15) is 0 Å². The first-order chi connectivity index (χ1) is 8.83. The van der Waals surface area contributed by atoms with Crippen molar-refractivity contribution in [2.75, 3.05) is 12.1 Å². The van der Waals surface area contributed by atoms with Gasteiger partial charge in [-0.15, -0.1) is 0 Å². The van der Waals surface area contributed by atoms with Crippen LogP contribution in [0.2, 0.25) is 0 Å². The predicted molar refractivity (Wildman–Crippen MR) is 66.7 cm³/mol. The number of hydrogen-bond acceptors (Lipinski definition) is 5. The second-order valence-corrected chi connectivity index (χ2v) is 4.03. The smallest absolute Gasteiger partial charge is 0.231 e. The lowest BCUT2D eigenvalue weighted by molar-refractivity contribution is 0.173. The van der Waals surface area contributed by atoms with Gasteiger partial charge in [-0.25, -0.2) is 9.97 Å². The van der Waals surface area contributed by atoms with Gasteiger partial charge in [0.05, 0.1) is 0 Å². The van der Waals surface area contributed by atoms with Crippen molar-refractivity contribution in [1.29, 1.82) is 0 Å². The average molecular weight is 243 g/mol. The van der Waals surface area contributed by atoms with Crippen LogP contribution in [0.3, 0.4) is 0 Å². The zero-order valence-corrected chi connectivity index (χ0v) is 10.0. The van der Waals surface area contributed by atoms with Crippen molar-refractivity contribution in [1.82, 2.24) is 9.97 Å². The first-order valence-electron chi connectivity index (χ1n) is 5.74. The van der Waals surface area contributed by atoms with Crippen LogP contribution < -0.4 is 14.8 Å². The van der Waals surface area contributed by atoms with E-state index in [0.29, 0.717) is 12.5 Å². The van der Waals surface area contributed by atoms with Crippen LogP contribution in [0.25, 0.3) is 0 Å². The van der Waals surface area contributed by atoms with Crippen molar-refractivity contribution < 1.29 is 9.47 Å². The van der Waals surface area contributed by atoms with Gasteiger partial charge in [-0.05, 0) is 19.1 Å². The maximum Gasteiger partial charge on any atom is 0.231 e. The molecule has 0 bridgehead atoms. The molecule has 1 N–H and O–H groups in total. The Kier molecular flexibility index (Phi) is 2.72. The van der Waals surface area contributed by atoms with E-state index in [4.69, 9.17) is 9.47 Å². The van der Waals surface area contributed by atoms with E-state index in [0.717, 1.165) is 22.8 Å². The van der Waals surface area contributed by atoms with E-state index in [1.165, 1.54) is 0 Å². The zero-order valence-electron chi connectivity index (χ0n) is 10.0. The number of aryl methyl sites for hydroxylation is 1. The minimum Gasteiger partial charge on any atom is -0.454 e. The van der Waals surface area contributed by atoms with E-state index in [2.05, 4.69) is 15.3 Å². The van der Waals surface area contributed by atoms with Crippen molar-refractivity contribution in [3.63, 3.8) is 0 Å². The standard InChI is InChI=1S/C13H13N3O2/c1-9-5-6-14-13(16-9)15-7-10-3-2-4-11-12(10)18-8-17-11/h2-6H,7-8H2,1H3,(H,14,15,16). The monoisotopic (exact) mass is 243 g/mol. The maximum atomic E-state index is 5.44. The normalized spacial score (nSPS) is 12.5. The third kappa shape index (κ3) is 2.07. The fourth-order valence-corrected chi connectivity index (χ4v) is 1.84. The van der Waals surface area contributed by atoms with Crippen LogP contribution in [-0.2, 0) is 6.54 Å². The molecular formula is C13H13N3O2. The molecule has 0 saturated heterocycles. The molecule has 0 amide bonds. The van der Waals surface area contributed by atoms with Gasteiger partial charge in [0.2, 0.25) is 12.7 Å². The Labute approximate surface area is 105 Å². The Hall–Kier alpha value is -2.30. The molecule has 18 heavy (non-hydrogen) atoms. The molecule has 1 aliphatic heterocycles. The minimum atomic E-state index is 0.285. The highest BCUT2D eigenvalue weighted by molar-refractivity contribution is 5.49. The molecule has 0 atom stereocenters. The number of aromatic nitrogens is 2. The molecule has 2 heterocycles. The Morgan fingerprint density at radius 3 is 3.11 bits per heavy atom. The lowest BCUT2D eigenvalue weighted by Crippen LogP contribution is -2.04. The zero-order chi connectivity index (χ0) is 12.4. The number of para-hydroxylation sites is 1. The molecule has 0 unspecified atom stereocenters. The Bertz CT molecular complexity index is 572. The van der Waals surface area contributed by atoms with Gasteiger partial charge in [0.1, 0.15) is 0 Å². The van der Waals surface area contributed by atoms with Crippen molar-refractivity contribution in [2.45, 2.75) is 13.5 Å². The summed E-state index contributed by atoms with van der Waals surface area (Å²) in [5.41, 5.74) is 1.97.